The molecule has 0 aliphatic carbocycles. The van der Waals surface area contributed by atoms with Crippen LogP contribution in [0.4, 0.5) is 0 Å². The molecule has 0 radical (unpaired) electrons. The van der Waals surface area contributed by atoms with Crippen LogP contribution in [-0.4, -0.2) is 46.8 Å². The van der Waals surface area contributed by atoms with Gasteiger partial charge in [-0.3, -0.25) is 9.59 Å². The van der Waals surface area contributed by atoms with Crippen molar-refractivity contribution < 1.29 is 29.3 Å². The summed E-state index contributed by atoms with van der Waals surface area (Å²) in [7, 11) is 0. The second kappa shape index (κ2) is 5.45. The minimum atomic E-state index is -1.41. The Bertz CT molecular complexity index is 296. The first-order chi connectivity index (χ1) is 7.50. The Labute approximate surface area is 91.4 Å². The van der Waals surface area contributed by atoms with Gasteiger partial charge in [0.15, 0.2) is 0 Å². The molecule has 16 heavy (non-hydrogen) atoms. The highest BCUT2D eigenvalue weighted by atomic mass is 16.5. The van der Waals surface area contributed by atoms with E-state index in [4.69, 9.17) is 14.9 Å². The van der Waals surface area contributed by atoms with Gasteiger partial charge in [0, 0.05) is 6.61 Å². The molecule has 0 saturated carbocycles. The summed E-state index contributed by atoms with van der Waals surface area (Å²) in [4.78, 5) is 32.5. The van der Waals surface area contributed by atoms with Gasteiger partial charge in [-0.2, -0.15) is 0 Å². The van der Waals surface area contributed by atoms with E-state index in [1.165, 1.54) is 0 Å². The average Bonchev–Trinajstić information content (AvgIpc) is 2.68. The van der Waals surface area contributed by atoms with Crippen molar-refractivity contribution in [2.24, 2.45) is 0 Å². The third kappa shape index (κ3) is 3.50. The van der Waals surface area contributed by atoms with Gasteiger partial charge in [0.1, 0.15) is 12.1 Å². The van der Waals surface area contributed by atoms with Crippen molar-refractivity contribution in [3.05, 3.63) is 0 Å². The molecule has 0 aromatic carbocycles. The van der Waals surface area contributed by atoms with Crippen LogP contribution in [-0.2, 0) is 19.1 Å². The zero-order valence-corrected chi connectivity index (χ0v) is 8.51. The van der Waals surface area contributed by atoms with Crippen molar-refractivity contribution in [3.63, 3.8) is 0 Å². The smallest absolute Gasteiger partial charge is 0.326 e. The van der Waals surface area contributed by atoms with Crippen molar-refractivity contribution in [1.29, 1.82) is 0 Å². The molecule has 1 saturated heterocycles. The van der Waals surface area contributed by atoms with Crippen LogP contribution >= 0.6 is 0 Å². The van der Waals surface area contributed by atoms with Crippen LogP contribution in [0, 0.1) is 0 Å². The summed E-state index contributed by atoms with van der Waals surface area (Å²) in [5.74, 6) is -3.21. The molecule has 7 heteroatoms. The second-order valence-electron chi connectivity index (χ2n) is 3.50. The van der Waals surface area contributed by atoms with Crippen LogP contribution < -0.4 is 5.32 Å². The number of carbonyl (C=O) groups excluding carboxylic acids is 1. The number of hydrogen-bond donors (Lipinski definition) is 3. The summed E-state index contributed by atoms with van der Waals surface area (Å²) in [6.45, 7) is 0.467. The van der Waals surface area contributed by atoms with Crippen LogP contribution in [0.25, 0.3) is 0 Å². The molecular formula is C9H13NO6. The molecule has 90 valence electrons. The molecule has 1 heterocycles. The van der Waals surface area contributed by atoms with Gasteiger partial charge in [0.25, 0.3) is 0 Å². The van der Waals surface area contributed by atoms with Gasteiger partial charge in [0.2, 0.25) is 5.91 Å². The lowest BCUT2D eigenvalue weighted by molar-refractivity contribution is -0.148. The van der Waals surface area contributed by atoms with E-state index in [1.54, 1.807) is 0 Å². The summed E-state index contributed by atoms with van der Waals surface area (Å²) in [5.41, 5.74) is 0. The van der Waals surface area contributed by atoms with Crippen molar-refractivity contribution in [1.82, 2.24) is 5.32 Å². The highest BCUT2D eigenvalue weighted by Gasteiger charge is 2.29. The van der Waals surface area contributed by atoms with Gasteiger partial charge < -0.3 is 20.3 Å². The fraction of sp³-hybridized carbons (Fsp3) is 0.667. The molecule has 1 aliphatic heterocycles. The summed E-state index contributed by atoms with van der Waals surface area (Å²) >= 11 is 0. The lowest BCUT2D eigenvalue weighted by atomic mass is 10.1. The normalized spacial score (nSPS) is 21.4. The molecule has 1 fully saturated rings. The lowest BCUT2D eigenvalue weighted by Gasteiger charge is -2.15. The van der Waals surface area contributed by atoms with Gasteiger partial charge in [-0.15, -0.1) is 0 Å². The maximum Gasteiger partial charge on any atom is 0.326 e. The highest BCUT2D eigenvalue weighted by Crippen LogP contribution is 2.12. The Morgan fingerprint density at radius 2 is 2.06 bits per heavy atom. The maximum absolute atomic E-state index is 11.4. The number of nitrogens with one attached hydrogen (secondary N) is 1. The summed E-state index contributed by atoms with van der Waals surface area (Å²) in [5, 5.41) is 19.3. The molecule has 2 atom stereocenters. The standard InChI is InChI=1S/C9H13NO6/c11-7(12)4-5(9(14)15)10-8(13)6-2-1-3-16-6/h5-6H,1-4H2,(H,10,13)(H,11,12)(H,14,15)/t5-,6+/m0/s1. The quantitative estimate of drug-likeness (QED) is 0.571. The van der Waals surface area contributed by atoms with Gasteiger partial charge in [-0.05, 0) is 12.8 Å². The van der Waals surface area contributed by atoms with E-state index in [0.717, 1.165) is 6.42 Å². The number of amides is 1. The van der Waals surface area contributed by atoms with Gasteiger partial charge in [0.05, 0.1) is 6.42 Å². The first-order valence-corrected chi connectivity index (χ1v) is 4.87. The molecule has 3 N–H and O–H groups in total. The van der Waals surface area contributed by atoms with Crippen molar-refractivity contribution in [3.8, 4) is 0 Å². The topological polar surface area (TPSA) is 113 Å². The van der Waals surface area contributed by atoms with E-state index in [0.29, 0.717) is 13.0 Å². The Morgan fingerprint density at radius 3 is 2.50 bits per heavy atom. The number of carboxylic acid groups (broad SMARTS) is 2. The second-order valence-corrected chi connectivity index (χ2v) is 3.50. The monoisotopic (exact) mass is 231 g/mol. The molecule has 0 bridgehead atoms. The average molecular weight is 231 g/mol. The summed E-state index contributed by atoms with van der Waals surface area (Å²) < 4.78 is 5.05. The number of hydrogen-bond acceptors (Lipinski definition) is 4. The lowest BCUT2D eigenvalue weighted by Crippen LogP contribution is -2.46. The molecule has 1 amide bonds. The molecule has 0 spiro atoms. The van der Waals surface area contributed by atoms with Crippen molar-refractivity contribution >= 4 is 17.8 Å². The summed E-state index contributed by atoms with van der Waals surface area (Å²) in [6, 6.07) is -1.41. The fourth-order valence-electron chi connectivity index (χ4n) is 1.42. The van der Waals surface area contributed by atoms with Gasteiger partial charge in [-0.1, -0.05) is 0 Å². The zero-order chi connectivity index (χ0) is 12.1. The zero-order valence-electron chi connectivity index (χ0n) is 8.51. The van der Waals surface area contributed by atoms with Gasteiger partial charge in [-0.25, -0.2) is 4.79 Å². The Balaban J connectivity index is 2.50. The molecular weight excluding hydrogens is 218 g/mol. The van der Waals surface area contributed by atoms with Crippen LogP contribution in [0.3, 0.4) is 0 Å². The molecule has 0 aromatic heterocycles. The molecule has 7 nitrogen and oxygen atoms in total. The van der Waals surface area contributed by atoms with E-state index < -0.39 is 36.4 Å². The third-order valence-corrected chi connectivity index (χ3v) is 2.22. The Hall–Kier alpha value is -1.63. The first kappa shape index (κ1) is 12.4. The van der Waals surface area contributed by atoms with Gasteiger partial charge >= 0.3 is 11.9 Å². The maximum atomic E-state index is 11.4. The van der Waals surface area contributed by atoms with Crippen molar-refractivity contribution in [2.75, 3.05) is 6.61 Å². The van der Waals surface area contributed by atoms with E-state index in [1.807, 2.05) is 0 Å². The third-order valence-electron chi connectivity index (χ3n) is 2.22. The summed E-state index contributed by atoms with van der Waals surface area (Å²) in [6.07, 6.45) is -0.0241. The van der Waals surface area contributed by atoms with Crippen LogP contribution in [0.1, 0.15) is 19.3 Å². The predicted molar refractivity (Wildman–Crippen MR) is 50.8 cm³/mol. The Kier molecular flexibility index (Phi) is 4.24. The van der Waals surface area contributed by atoms with Crippen molar-refractivity contribution in [2.45, 2.75) is 31.4 Å². The number of carboxylic acids is 2. The molecule has 0 unspecified atom stereocenters. The number of ether oxygens (including phenoxy) is 1. The molecule has 1 aliphatic rings. The number of carbonyl (C=O) groups is 3. The predicted octanol–water partition coefficient (Wildman–Crippen LogP) is -0.790. The van der Waals surface area contributed by atoms with E-state index in [-0.39, 0.29) is 0 Å². The highest BCUT2D eigenvalue weighted by molar-refractivity contribution is 5.88. The number of rotatable bonds is 5. The van der Waals surface area contributed by atoms with Crippen LogP contribution in [0.5, 0.6) is 0 Å². The van der Waals surface area contributed by atoms with E-state index in [2.05, 4.69) is 5.32 Å². The first-order valence-electron chi connectivity index (χ1n) is 4.87. The Morgan fingerprint density at radius 1 is 1.38 bits per heavy atom. The minimum absolute atomic E-state index is 0.467. The largest absolute Gasteiger partial charge is 0.481 e. The number of aliphatic carboxylic acids is 2. The van der Waals surface area contributed by atoms with E-state index in [9.17, 15) is 14.4 Å². The fourth-order valence-corrected chi connectivity index (χ4v) is 1.42. The van der Waals surface area contributed by atoms with E-state index >= 15 is 0 Å². The SMILES string of the molecule is O=C(O)C[C@H](NC(=O)[C@H]1CCCO1)C(=O)O. The van der Waals surface area contributed by atoms with Crippen LogP contribution in [0.2, 0.25) is 0 Å². The van der Waals surface area contributed by atoms with Crippen LogP contribution in [0.15, 0.2) is 0 Å². The molecule has 1 rings (SSSR count). The minimum Gasteiger partial charge on any atom is -0.481 e. The molecule has 0 aromatic rings.